The van der Waals surface area contributed by atoms with Crippen molar-refractivity contribution in [1.29, 1.82) is 5.26 Å². The van der Waals surface area contributed by atoms with E-state index in [0.29, 0.717) is 43.5 Å². The molecule has 1 saturated heterocycles. The molecule has 0 bridgehead atoms. The molecule has 8 nitrogen and oxygen atoms in total. The maximum absolute atomic E-state index is 12.4. The summed E-state index contributed by atoms with van der Waals surface area (Å²) in [5.74, 6) is 1.08. The number of pyridine rings is 1. The zero-order valence-corrected chi connectivity index (χ0v) is 14.9. The highest BCUT2D eigenvalue weighted by atomic mass is 16.2. The molecule has 1 aliphatic rings. The third-order valence-corrected chi connectivity index (χ3v) is 4.29. The number of piperazine rings is 1. The number of rotatable bonds is 3. The predicted molar refractivity (Wildman–Crippen MR) is 97.9 cm³/mol. The molecule has 0 aliphatic carbocycles. The number of nitrogens with one attached hydrogen (secondary N) is 1. The standard InChI is InChI=1S/C18H21N7O/c1-13(2)16-5-3-15(12-20-16)21-18(26)25-9-7-24(8-10-25)17-6-4-14(11-19)22-23-17/h3-6,12-13H,7-10H2,1-2H3,(H,21,26). The lowest BCUT2D eigenvalue weighted by Gasteiger charge is -2.35. The molecule has 0 radical (unpaired) electrons. The Labute approximate surface area is 152 Å². The second-order valence-electron chi connectivity index (χ2n) is 6.42. The van der Waals surface area contributed by atoms with E-state index in [1.165, 1.54) is 0 Å². The predicted octanol–water partition coefficient (Wildman–Crippen LogP) is 2.22. The molecule has 1 aliphatic heterocycles. The minimum Gasteiger partial charge on any atom is -0.352 e. The third-order valence-electron chi connectivity index (χ3n) is 4.29. The van der Waals surface area contributed by atoms with Crippen molar-refractivity contribution in [1.82, 2.24) is 20.1 Å². The van der Waals surface area contributed by atoms with Crippen molar-refractivity contribution in [3.8, 4) is 6.07 Å². The Kier molecular flexibility index (Phi) is 5.27. The number of hydrogen-bond donors (Lipinski definition) is 1. The minimum atomic E-state index is -0.130. The second kappa shape index (κ2) is 7.78. The summed E-state index contributed by atoms with van der Waals surface area (Å²) >= 11 is 0. The molecule has 26 heavy (non-hydrogen) atoms. The van der Waals surface area contributed by atoms with Crippen LogP contribution in [0.15, 0.2) is 30.5 Å². The fourth-order valence-electron chi connectivity index (χ4n) is 2.72. The van der Waals surface area contributed by atoms with E-state index in [9.17, 15) is 4.79 Å². The molecule has 3 heterocycles. The molecule has 134 valence electrons. The number of aromatic nitrogens is 3. The van der Waals surface area contributed by atoms with Crippen molar-refractivity contribution >= 4 is 17.5 Å². The van der Waals surface area contributed by atoms with Gasteiger partial charge in [-0.2, -0.15) is 5.26 Å². The molecule has 2 amide bonds. The van der Waals surface area contributed by atoms with E-state index in [4.69, 9.17) is 5.26 Å². The average molecular weight is 351 g/mol. The molecule has 0 spiro atoms. The van der Waals surface area contributed by atoms with Crippen LogP contribution in [0, 0.1) is 11.3 Å². The van der Waals surface area contributed by atoms with Gasteiger partial charge >= 0.3 is 6.03 Å². The van der Waals surface area contributed by atoms with Gasteiger partial charge in [-0.1, -0.05) is 13.8 Å². The van der Waals surface area contributed by atoms with Crippen molar-refractivity contribution in [2.45, 2.75) is 19.8 Å². The van der Waals surface area contributed by atoms with Gasteiger partial charge in [0, 0.05) is 31.9 Å². The Morgan fingerprint density at radius 2 is 1.92 bits per heavy atom. The number of carbonyl (C=O) groups excluding carboxylic acids is 1. The highest BCUT2D eigenvalue weighted by Gasteiger charge is 2.22. The average Bonchev–Trinajstić information content (AvgIpc) is 2.68. The van der Waals surface area contributed by atoms with Crippen molar-refractivity contribution in [2.24, 2.45) is 0 Å². The Hall–Kier alpha value is -3.21. The van der Waals surface area contributed by atoms with Crippen LogP contribution in [0.25, 0.3) is 0 Å². The van der Waals surface area contributed by atoms with Gasteiger partial charge in [-0.15, -0.1) is 10.2 Å². The summed E-state index contributed by atoms with van der Waals surface area (Å²) in [6.45, 7) is 6.67. The maximum atomic E-state index is 12.4. The van der Waals surface area contributed by atoms with Crippen LogP contribution in [0.5, 0.6) is 0 Å². The fourth-order valence-corrected chi connectivity index (χ4v) is 2.72. The van der Waals surface area contributed by atoms with Crippen LogP contribution in [-0.2, 0) is 0 Å². The molecular weight excluding hydrogens is 330 g/mol. The number of nitriles is 1. The first-order chi connectivity index (χ1) is 12.6. The molecule has 8 heteroatoms. The largest absolute Gasteiger partial charge is 0.352 e. The van der Waals surface area contributed by atoms with Crippen LogP contribution >= 0.6 is 0 Å². The van der Waals surface area contributed by atoms with Crippen LogP contribution in [-0.4, -0.2) is 52.3 Å². The number of amides is 2. The Balaban J connectivity index is 1.53. The lowest BCUT2D eigenvalue weighted by Crippen LogP contribution is -2.50. The van der Waals surface area contributed by atoms with Crippen molar-refractivity contribution < 1.29 is 4.79 Å². The number of anilines is 2. The van der Waals surface area contributed by atoms with Crippen LogP contribution in [0.3, 0.4) is 0 Å². The highest BCUT2D eigenvalue weighted by Crippen LogP contribution is 2.16. The monoisotopic (exact) mass is 351 g/mol. The topological polar surface area (TPSA) is 98.0 Å². The summed E-state index contributed by atoms with van der Waals surface area (Å²) in [5, 5.41) is 19.6. The molecule has 0 saturated carbocycles. The maximum Gasteiger partial charge on any atom is 0.322 e. The molecule has 3 rings (SSSR count). The molecular formula is C18H21N7O. The number of nitrogens with zero attached hydrogens (tertiary/aromatic N) is 6. The molecule has 0 atom stereocenters. The molecule has 1 fully saturated rings. The summed E-state index contributed by atoms with van der Waals surface area (Å²) in [5.41, 5.74) is 1.99. The van der Waals surface area contributed by atoms with E-state index in [1.54, 1.807) is 23.2 Å². The molecule has 0 aromatic carbocycles. The van der Waals surface area contributed by atoms with Gasteiger partial charge in [-0.25, -0.2) is 4.79 Å². The first-order valence-electron chi connectivity index (χ1n) is 8.57. The SMILES string of the molecule is CC(C)c1ccc(NC(=O)N2CCN(c3ccc(C#N)nn3)CC2)cn1. The van der Waals surface area contributed by atoms with Gasteiger partial charge in [0.15, 0.2) is 11.5 Å². The van der Waals surface area contributed by atoms with Crippen molar-refractivity contribution in [3.63, 3.8) is 0 Å². The minimum absolute atomic E-state index is 0.130. The molecule has 1 N–H and O–H groups in total. The Bertz CT molecular complexity index is 788. The lowest BCUT2D eigenvalue weighted by atomic mass is 10.1. The summed E-state index contributed by atoms with van der Waals surface area (Å²) in [4.78, 5) is 20.6. The van der Waals surface area contributed by atoms with Gasteiger partial charge in [-0.05, 0) is 30.2 Å². The summed E-state index contributed by atoms with van der Waals surface area (Å²) in [7, 11) is 0. The van der Waals surface area contributed by atoms with Gasteiger partial charge in [0.2, 0.25) is 0 Å². The van der Waals surface area contributed by atoms with E-state index in [-0.39, 0.29) is 6.03 Å². The van der Waals surface area contributed by atoms with E-state index < -0.39 is 0 Å². The molecule has 2 aromatic rings. The van der Waals surface area contributed by atoms with E-state index in [2.05, 4.69) is 39.2 Å². The van der Waals surface area contributed by atoms with Crippen LogP contribution in [0.2, 0.25) is 0 Å². The van der Waals surface area contributed by atoms with Gasteiger partial charge < -0.3 is 15.1 Å². The summed E-state index contributed by atoms with van der Waals surface area (Å²) in [6.07, 6.45) is 1.69. The van der Waals surface area contributed by atoms with Gasteiger partial charge in [-0.3, -0.25) is 4.98 Å². The van der Waals surface area contributed by atoms with Crippen LogP contribution < -0.4 is 10.2 Å². The normalized spacial score (nSPS) is 14.2. The van der Waals surface area contributed by atoms with Gasteiger partial charge in [0.25, 0.3) is 0 Å². The second-order valence-corrected chi connectivity index (χ2v) is 6.42. The highest BCUT2D eigenvalue weighted by molar-refractivity contribution is 5.89. The molecule has 0 unspecified atom stereocenters. The van der Waals surface area contributed by atoms with Crippen molar-refractivity contribution in [3.05, 3.63) is 41.9 Å². The van der Waals surface area contributed by atoms with E-state index in [0.717, 1.165) is 11.5 Å². The van der Waals surface area contributed by atoms with Crippen LogP contribution in [0.1, 0.15) is 31.2 Å². The zero-order chi connectivity index (χ0) is 18.5. The number of hydrogen-bond acceptors (Lipinski definition) is 6. The number of urea groups is 1. The Morgan fingerprint density at radius 1 is 1.15 bits per heavy atom. The Morgan fingerprint density at radius 3 is 2.46 bits per heavy atom. The van der Waals surface area contributed by atoms with Gasteiger partial charge in [0.1, 0.15) is 6.07 Å². The first kappa shape index (κ1) is 17.6. The van der Waals surface area contributed by atoms with E-state index in [1.807, 2.05) is 18.2 Å². The quantitative estimate of drug-likeness (QED) is 0.910. The van der Waals surface area contributed by atoms with Crippen molar-refractivity contribution in [2.75, 3.05) is 36.4 Å². The first-order valence-corrected chi connectivity index (χ1v) is 8.57. The zero-order valence-electron chi connectivity index (χ0n) is 14.9. The van der Waals surface area contributed by atoms with Crippen LogP contribution in [0.4, 0.5) is 16.3 Å². The van der Waals surface area contributed by atoms with Gasteiger partial charge in [0.05, 0.1) is 11.9 Å². The summed E-state index contributed by atoms with van der Waals surface area (Å²) in [6, 6.07) is 9.06. The summed E-state index contributed by atoms with van der Waals surface area (Å²) < 4.78 is 0. The fraction of sp³-hybridized carbons (Fsp3) is 0.389. The lowest BCUT2D eigenvalue weighted by molar-refractivity contribution is 0.208. The smallest absolute Gasteiger partial charge is 0.322 e. The number of carbonyl (C=O) groups is 1. The van der Waals surface area contributed by atoms with E-state index >= 15 is 0 Å². The molecule has 2 aromatic heterocycles. The third kappa shape index (κ3) is 4.06.